The Morgan fingerprint density at radius 1 is 0.650 bits per heavy atom. The summed E-state index contributed by atoms with van der Waals surface area (Å²) in [6.07, 6.45) is -23.1. The van der Waals surface area contributed by atoms with Crippen molar-refractivity contribution in [3.63, 3.8) is 0 Å². The highest BCUT2D eigenvalue weighted by atomic mass is 35.5. The topological polar surface area (TPSA) is 561 Å². The summed E-state index contributed by atoms with van der Waals surface area (Å²) in [5.41, 5.74) is 7.45. The van der Waals surface area contributed by atoms with Crippen molar-refractivity contribution in [1.82, 2.24) is 42.5 Å². The number of aliphatic hydroxyl groups is 6. The third-order valence-electron chi connectivity index (χ3n) is 21.8. The minimum Gasteiger partial charge on any atom is -0.508 e. The van der Waals surface area contributed by atoms with Crippen molar-refractivity contribution in [2.75, 3.05) is 13.7 Å². The van der Waals surface area contributed by atoms with Gasteiger partial charge in [0.2, 0.25) is 53.4 Å². The second-order valence-electron chi connectivity index (χ2n) is 31.3. The summed E-state index contributed by atoms with van der Waals surface area (Å²) in [6.45, 7) is 8.82. The van der Waals surface area contributed by atoms with Gasteiger partial charge in [0.15, 0.2) is 36.2 Å². The molecule has 36 nitrogen and oxygen atoms in total. The van der Waals surface area contributed by atoms with E-state index in [1.54, 1.807) is 19.1 Å². The highest BCUT2D eigenvalue weighted by Gasteiger charge is 2.53. The number of hydrogen-bond acceptors (Lipinski definition) is 28. The summed E-state index contributed by atoms with van der Waals surface area (Å²) >= 11 is 27.4. The van der Waals surface area contributed by atoms with Crippen LogP contribution in [0.15, 0.2) is 97.1 Å². The van der Waals surface area contributed by atoms with Gasteiger partial charge < -0.3 is 143 Å². The van der Waals surface area contributed by atoms with Gasteiger partial charge in [-0.25, -0.2) is 4.79 Å². The first-order valence-corrected chi connectivity index (χ1v) is 39.6. The number of fused-ring (bicyclic) bond motifs is 15. The van der Waals surface area contributed by atoms with Crippen LogP contribution in [0.3, 0.4) is 0 Å². The quantitative estimate of drug-likeness (QED) is 0.0585. The molecule has 3 saturated heterocycles. The first-order chi connectivity index (χ1) is 56.6. The molecule has 3 fully saturated rings. The van der Waals surface area contributed by atoms with Gasteiger partial charge >= 0.3 is 5.97 Å². The number of aliphatic carboxylic acids is 1. The third kappa shape index (κ3) is 19.4. The van der Waals surface area contributed by atoms with Gasteiger partial charge in [-0.2, -0.15) is 0 Å². The lowest BCUT2D eigenvalue weighted by atomic mass is 9.84. The number of carbonyl (C=O) groups is 8. The number of halogens is 4. The lowest BCUT2D eigenvalue weighted by molar-refractivity contribution is -0.334. The van der Waals surface area contributed by atoms with Crippen LogP contribution >= 0.6 is 46.4 Å². The van der Waals surface area contributed by atoms with Crippen LogP contribution in [0.2, 0.25) is 20.1 Å². The van der Waals surface area contributed by atoms with Crippen molar-refractivity contribution in [3.05, 3.63) is 151 Å². The van der Waals surface area contributed by atoms with Gasteiger partial charge in [-0.3, -0.25) is 33.6 Å². The first-order valence-electron chi connectivity index (χ1n) is 38.1. The fraction of sp³-hybridized carbons (Fsp3) is 0.450. The maximum Gasteiger partial charge on any atom is 0.330 e. The number of amides is 7. The molecule has 14 rings (SSSR count). The lowest BCUT2D eigenvalue weighted by Gasteiger charge is -2.48. The summed E-state index contributed by atoms with van der Waals surface area (Å²) in [7, 11) is 1.47. The second-order valence-corrected chi connectivity index (χ2v) is 32.9. The lowest BCUT2D eigenvalue weighted by Crippen LogP contribution is -2.65. The van der Waals surface area contributed by atoms with Crippen LogP contribution in [-0.4, -0.2) is 215 Å². The fourth-order valence-corrected chi connectivity index (χ4v) is 16.3. The number of likely N-dealkylation sites (N-methyl/N-ethyl adjacent to an activating group) is 1. The van der Waals surface area contributed by atoms with E-state index in [1.807, 2.05) is 13.8 Å². The molecule has 0 spiro atoms. The van der Waals surface area contributed by atoms with E-state index in [1.165, 1.54) is 64.2 Å². The zero-order valence-electron chi connectivity index (χ0n) is 65.3. The SMILES string of the molecule is CN[C@H](CC(C)C)C(=O)N[C@H]1C(=O)N[C@@H](CC(N)=O)C(=O)N[C@H]2C(=O)N[C@H]3C(=O)N[C@H](C(=O)N[C@@H](C(=O)O)c4cc(O)cc(O)c4-c4cc3ccc4O)[C@H](O[C@H]3C[C@](C)(N)[C@H](O)[C@H](C)O3)c3ccc(c(Cl)c3)Oc3cc2cc(c3O[C@@H]2O[C@H](CO)[C@@H](O)[C@H](O)[C@H]2O[C@H]2C[C@](C)(NCc3ccc(Cl)cc3Cl)[C@H](O)[C@H](C)O2)Oc2ccc(cc2Cl)[C@H]1O. The van der Waals surface area contributed by atoms with Crippen molar-refractivity contribution in [1.29, 1.82) is 0 Å². The van der Waals surface area contributed by atoms with Gasteiger partial charge in [0, 0.05) is 63.3 Å². The fourth-order valence-electron chi connectivity index (χ4n) is 15.4. The summed E-state index contributed by atoms with van der Waals surface area (Å²) in [5, 5.41) is 137. The molecule has 0 unspecified atom stereocenters. The number of benzene rings is 6. The van der Waals surface area contributed by atoms with Crippen LogP contribution < -0.4 is 68.2 Å². The van der Waals surface area contributed by atoms with Crippen LogP contribution in [0.5, 0.6) is 46.0 Å². The van der Waals surface area contributed by atoms with E-state index in [0.29, 0.717) is 15.6 Å². The Morgan fingerprint density at radius 2 is 1.27 bits per heavy atom. The van der Waals surface area contributed by atoms with Gasteiger partial charge in [0.1, 0.15) is 89.5 Å². The molecule has 6 aromatic carbocycles. The van der Waals surface area contributed by atoms with Crippen LogP contribution in [0.25, 0.3) is 11.1 Å². The Morgan fingerprint density at radius 3 is 1.88 bits per heavy atom. The van der Waals surface area contributed by atoms with Crippen LogP contribution in [0.4, 0.5) is 0 Å². The largest absolute Gasteiger partial charge is 0.508 e. The average Bonchev–Trinajstić information content (AvgIpc) is 0.760. The van der Waals surface area contributed by atoms with Crippen LogP contribution in [0, 0.1) is 5.92 Å². The molecular formula is C80H92Cl4N10O26. The number of ether oxygens (including phenoxy) is 8. The molecule has 11 bridgehead atoms. The van der Waals surface area contributed by atoms with Crippen molar-refractivity contribution in [2.45, 2.75) is 207 Å². The Bertz CT molecular complexity index is 4940. The molecule has 646 valence electrons. The normalized spacial score (nSPS) is 30.5. The minimum atomic E-state index is -2.40. The number of phenolic OH excluding ortho intramolecular Hbond substituents is 3. The molecule has 7 amide bonds. The highest BCUT2D eigenvalue weighted by Crippen LogP contribution is 2.51. The summed E-state index contributed by atoms with van der Waals surface area (Å²) < 4.78 is 52.6. The Balaban J connectivity index is 1.10. The third-order valence-corrected chi connectivity index (χ3v) is 23.0. The molecule has 40 heteroatoms. The second kappa shape index (κ2) is 36.7. The molecule has 0 saturated carbocycles. The van der Waals surface area contributed by atoms with Crippen molar-refractivity contribution in [2.24, 2.45) is 17.4 Å². The van der Waals surface area contributed by atoms with Crippen molar-refractivity contribution in [3.8, 4) is 57.1 Å². The number of nitrogens with one attached hydrogen (secondary N) is 8. The van der Waals surface area contributed by atoms with Gasteiger partial charge in [-0.05, 0) is 142 Å². The van der Waals surface area contributed by atoms with Crippen molar-refractivity contribution < 1.29 is 127 Å². The number of nitrogens with two attached hydrogens (primary N) is 2. The van der Waals surface area contributed by atoms with Gasteiger partial charge in [-0.15, -0.1) is 0 Å². The van der Waals surface area contributed by atoms with Gasteiger partial charge in [0.25, 0.3) is 0 Å². The number of carboxylic acid groups (broad SMARTS) is 1. The van der Waals surface area contributed by atoms with E-state index in [-0.39, 0.29) is 59.2 Å². The maximum atomic E-state index is 16.5. The predicted octanol–water partition coefficient (Wildman–Crippen LogP) is 3.48. The number of rotatable bonds is 18. The summed E-state index contributed by atoms with van der Waals surface area (Å²) in [4.78, 5) is 121. The number of aromatic hydroxyl groups is 3. The molecule has 0 aromatic heterocycles. The smallest absolute Gasteiger partial charge is 0.330 e. The molecule has 22 N–H and O–H groups in total. The molecular weight excluding hydrogens is 1660 g/mol. The van der Waals surface area contributed by atoms with Crippen LogP contribution in [-0.2, 0) is 68.6 Å². The molecule has 8 aliphatic rings. The molecule has 8 heterocycles. The maximum absolute atomic E-state index is 16.5. The van der Waals surface area contributed by atoms with Gasteiger partial charge in [0.05, 0.1) is 53.5 Å². The van der Waals surface area contributed by atoms with Gasteiger partial charge in [-0.1, -0.05) is 84.5 Å². The molecule has 22 atom stereocenters. The number of primary amides is 1. The van der Waals surface area contributed by atoms with E-state index in [0.717, 1.165) is 48.5 Å². The zero-order valence-corrected chi connectivity index (χ0v) is 68.3. The highest BCUT2D eigenvalue weighted by molar-refractivity contribution is 6.35. The van der Waals surface area contributed by atoms with E-state index in [9.17, 15) is 65.4 Å². The monoisotopic (exact) mass is 1750 g/mol. The number of carbonyl (C=O) groups excluding carboxylic acids is 7. The van der Waals surface area contributed by atoms with E-state index in [2.05, 4.69) is 42.5 Å². The Kier molecular flexibility index (Phi) is 27.4. The number of phenols is 3. The number of aliphatic hydroxyl groups excluding tert-OH is 6. The Hall–Kier alpha value is -9.52. The molecule has 6 aromatic rings. The Labute approximate surface area is 705 Å². The number of hydrogen-bond donors (Lipinski definition) is 20. The molecule has 120 heavy (non-hydrogen) atoms. The van der Waals surface area contributed by atoms with Crippen LogP contribution in [0.1, 0.15) is 131 Å². The minimum absolute atomic E-state index is 0.0632. The van der Waals surface area contributed by atoms with Crippen molar-refractivity contribution >= 4 is 93.7 Å². The first kappa shape index (κ1) is 89.7. The standard InChI is InChI=1S/C80H92Cl4N10O26/c1-30(2)16-45(87-7)71(105)93-61-63(100)34-10-14-49(43(83)18-34)115-51-20-37-21-52(67(51)120-78-68(65(102)64(101)53(29-95)117-78)119-56-27-80(6,70(104)32(4)114-56)88-28-36-8-12-38(81)22-42(36)82)116-50-15-11-35(19-44(50)84)66(118-55-26-79(5,86)69(103)31(3)113-55)62-76(110)92-60(77(111)112)41-23-39(96)24-48(98)57(41)40-17-33(9-13-47(40)97)58(73(107)94-62)91-74(108)59(37)90-72(106)46(25-54(85)99)89-75(61)109/h8-15,17-24,30-32,45-46,53,55-56,58-66,68-70,78,87-88,95-98,100-104H,16,25-29,86H2,1-7H3,(H2,85,99)(H,89,109)(H,90,106)(H,91,108)(H,92,110)(H,93,105)(H,94,107)(H,111,112)/t31-,32-,45+,46-,53+,55-,56-,58+,59+,60+,61+,62-,63+,64+,65-,66+,68+,69+,70+,78-,79-,80-/m0/s1. The number of carboxylic acids is 1. The summed E-state index contributed by atoms with van der Waals surface area (Å²) in [6, 6.07) is 4.29. The van der Waals surface area contributed by atoms with E-state index < -0.39 is 261 Å². The average molecular weight is 1750 g/mol. The van der Waals surface area contributed by atoms with E-state index >= 15 is 24.0 Å². The molecule has 0 radical (unpaired) electrons. The predicted molar refractivity (Wildman–Crippen MR) is 425 cm³/mol. The summed E-state index contributed by atoms with van der Waals surface area (Å²) in [5.74, 6) is -16.2. The molecule has 8 aliphatic heterocycles. The van der Waals surface area contributed by atoms with E-state index in [4.69, 9.17) is 95.8 Å². The molecule has 0 aliphatic carbocycles. The zero-order chi connectivity index (χ0) is 87.2.